The Labute approximate surface area is 152 Å². The number of aliphatic hydroxyl groups excluding tert-OH is 1. The third-order valence-corrected chi connectivity index (χ3v) is 5.36. The summed E-state index contributed by atoms with van der Waals surface area (Å²) in [6, 6.07) is 10.1. The fourth-order valence-corrected chi connectivity index (χ4v) is 3.94. The molecule has 1 saturated heterocycles. The van der Waals surface area contributed by atoms with Crippen LogP contribution in [-0.2, 0) is 16.1 Å². The number of hydrogen-bond acceptors (Lipinski definition) is 4. The predicted molar refractivity (Wildman–Crippen MR) is 99.5 cm³/mol. The molecule has 1 heterocycles. The van der Waals surface area contributed by atoms with Crippen LogP contribution in [0.3, 0.4) is 0 Å². The molecule has 140 valence electrons. The van der Waals surface area contributed by atoms with E-state index in [9.17, 15) is 5.11 Å². The molecule has 0 spiro atoms. The van der Waals surface area contributed by atoms with Gasteiger partial charge in [-0.05, 0) is 31.2 Å². The van der Waals surface area contributed by atoms with Gasteiger partial charge in [0.2, 0.25) is 0 Å². The molecule has 1 aromatic rings. The van der Waals surface area contributed by atoms with Crippen molar-refractivity contribution in [1.82, 2.24) is 4.90 Å². The quantitative estimate of drug-likeness (QED) is 0.783. The topological polar surface area (TPSA) is 41.9 Å². The van der Waals surface area contributed by atoms with E-state index in [4.69, 9.17) is 9.47 Å². The number of ether oxygens (including phenoxy) is 2. The van der Waals surface area contributed by atoms with Gasteiger partial charge in [0.15, 0.2) is 0 Å². The summed E-state index contributed by atoms with van der Waals surface area (Å²) in [5.41, 5.74) is 1.15. The number of aliphatic hydroxyl groups is 1. The van der Waals surface area contributed by atoms with Crippen LogP contribution in [0.4, 0.5) is 0 Å². The lowest BCUT2D eigenvalue weighted by Gasteiger charge is -2.35. The molecule has 0 bridgehead atoms. The van der Waals surface area contributed by atoms with E-state index < -0.39 is 6.10 Å². The van der Waals surface area contributed by atoms with Gasteiger partial charge in [-0.2, -0.15) is 0 Å². The number of nitrogens with zero attached hydrogens (tertiary/aromatic N) is 1. The van der Waals surface area contributed by atoms with Crippen molar-refractivity contribution in [2.75, 3.05) is 26.2 Å². The standard InChI is InChI=1S/C21H33NO3/c23-19(17-24-16-18-7-3-1-4-8-18)15-22-13-11-21(12-14-22)25-20-9-5-2-6-10-20/h1,3-4,7-8,19-21,23H,2,5-6,9-17H2. The maximum absolute atomic E-state index is 10.2. The van der Waals surface area contributed by atoms with Gasteiger partial charge in [-0.1, -0.05) is 49.6 Å². The van der Waals surface area contributed by atoms with Crippen LogP contribution in [0.25, 0.3) is 0 Å². The highest BCUT2D eigenvalue weighted by Crippen LogP contribution is 2.24. The molecule has 0 amide bonds. The van der Waals surface area contributed by atoms with E-state index in [1.54, 1.807) is 0 Å². The van der Waals surface area contributed by atoms with Gasteiger partial charge >= 0.3 is 0 Å². The average Bonchev–Trinajstić information content (AvgIpc) is 2.65. The Morgan fingerprint density at radius 1 is 0.960 bits per heavy atom. The molecule has 0 radical (unpaired) electrons. The van der Waals surface area contributed by atoms with Crippen molar-refractivity contribution in [3.63, 3.8) is 0 Å². The summed E-state index contributed by atoms with van der Waals surface area (Å²) >= 11 is 0. The lowest BCUT2D eigenvalue weighted by Crippen LogP contribution is -2.43. The van der Waals surface area contributed by atoms with E-state index in [1.807, 2.05) is 30.3 Å². The second-order valence-corrected chi connectivity index (χ2v) is 7.55. The maximum atomic E-state index is 10.2. The van der Waals surface area contributed by atoms with Crippen LogP contribution in [0.5, 0.6) is 0 Å². The van der Waals surface area contributed by atoms with Crippen LogP contribution in [0.1, 0.15) is 50.5 Å². The summed E-state index contributed by atoms with van der Waals surface area (Å²) in [6.45, 7) is 3.70. The zero-order chi connectivity index (χ0) is 17.3. The first-order chi connectivity index (χ1) is 12.3. The number of rotatable bonds is 8. The van der Waals surface area contributed by atoms with E-state index in [-0.39, 0.29) is 0 Å². The zero-order valence-electron chi connectivity index (χ0n) is 15.3. The lowest BCUT2D eigenvalue weighted by atomic mass is 9.97. The van der Waals surface area contributed by atoms with Gasteiger partial charge in [-0.25, -0.2) is 0 Å². The molecule has 1 N–H and O–H groups in total. The van der Waals surface area contributed by atoms with Gasteiger partial charge < -0.3 is 19.5 Å². The highest BCUT2D eigenvalue weighted by molar-refractivity contribution is 5.13. The Morgan fingerprint density at radius 2 is 1.64 bits per heavy atom. The Balaban J connectivity index is 1.27. The Hall–Kier alpha value is -0.940. The van der Waals surface area contributed by atoms with Crippen molar-refractivity contribution in [3.8, 4) is 0 Å². The van der Waals surface area contributed by atoms with Crippen LogP contribution in [0, 0.1) is 0 Å². The molecule has 1 atom stereocenters. The monoisotopic (exact) mass is 347 g/mol. The first-order valence-corrected chi connectivity index (χ1v) is 9.97. The second-order valence-electron chi connectivity index (χ2n) is 7.55. The second kappa shape index (κ2) is 10.3. The van der Waals surface area contributed by atoms with Crippen LogP contribution < -0.4 is 0 Å². The third kappa shape index (κ3) is 6.70. The van der Waals surface area contributed by atoms with Crippen molar-refractivity contribution < 1.29 is 14.6 Å². The number of β-amino-alcohol motifs (C(OH)–C–C–N with tert-alkyl or cyclic N) is 1. The number of likely N-dealkylation sites (tertiary alicyclic amines) is 1. The highest BCUT2D eigenvalue weighted by atomic mass is 16.5. The SMILES string of the molecule is OC(COCc1ccccc1)CN1CCC(OC2CCCCC2)CC1. The first kappa shape index (κ1) is 18.8. The van der Waals surface area contributed by atoms with Crippen LogP contribution in [0.2, 0.25) is 0 Å². The fourth-order valence-electron chi connectivity index (χ4n) is 3.94. The Bertz CT molecular complexity index is 467. The van der Waals surface area contributed by atoms with Crippen LogP contribution in [-0.4, -0.2) is 54.6 Å². The number of piperidine rings is 1. The van der Waals surface area contributed by atoms with Gasteiger partial charge in [0.05, 0.1) is 31.5 Å². The molecule has 0 aromatic heterocycles. The fraction of sp³-hybridized carbons (Fsp3) is 0.714. The van der Waals surface area contributed by atoms with E-state index in [1.165, 1.54) is 32.1 Å². The molecule has 1 unspecified atom stereocenters. The third-order valence-electron chi connectivity index (χ3n) is 5.36. The highest BCUT2D eigenvalue weighted by Gasteiger charge is 2.24. The van der Waals surface area contributed by atoms with Crippen LogP contribution in [0.15, 0.2) is 30.3 Å². The largest absolute Gasteiger partial charge is 0.389 e. The number of hydrogen-bond donors (Lipinski definition) is 1. The van der Waals surface area contributed by atoms with Crippen molar-refractivity contribution in [1.29, 1.82) is 0 Å². The minimum atomic E-state index is -0.417. The summed E-state index contributed by atoms with van der Waals surface area (Å²) in [7, 11) is 0. The summed E-state index contributed by atoms with van der Waals surface area (Å²) in [6.07, 6.45) is 9.23. The molecular formula is C21H33NO3. The minimum absolute atomic E-state index is 0.396. The Morgan fingerprint density at radius 3 is 2.36 bits per heavy atom. The van der Waals surface area contributed by atoms with Crippen molar-refractivity contribution in [2.24, 2.45) is 0 Å². The molecule has 3 rings (SSSR count). The minimum Gasteiger partial charge on any atom is -0.389 e. The van der Waals surface area contributed by atoms with E-state index in [2.05, 4.69) is 4.90 Å². The predicted octanol–water partition coefficient (Wildman–Crippen LogP) is 3.38. The van der Waals surface area contributed by atoms with Crippen molar-refractivity contribution >= 4 is 0 Å². The van der Waals surface area contributed by atoms with E-state index >= 15 is 0 Å². The van der Waals surface area contributed by atoms with Crippen molar-refractivity contribution in [2.45, 2.75) is 69.9 Å². The first-order valence-electron chi connectivity index (χ1n) is 9.97. The molecule has 4 nitrogen and oxygen atoms in total. The lowest BCUT2D eigenvalue weighted by molar-refractivity contribution is -0.0624. The maximum Gasteiger partial charge on any atom is 0.0900 e. The molecule has 1 aromatic carbocycles. The summed E-state index contributed by atoms with van der Waals surface area (Å²) < 4.78 is 11.9. The Kier molecular flexibility index (Phi) is 7.74. The number of benzene rings is 1. The van der Waals surface area contributed by atoms with E-state index in [0.29, 0.717) is 32.0 Å². The average molecular weight is 347 g/mol. The molecule has 25 heavy (non-hydrogen) atoms. The van der Waals surface area contributed by atoms with Gasteiger partial charge in [-0.15, -0.1) is 0 Å². The van der Waals surface area contributed by atoms with Gasteiger partial charge in [0.25, 0.3) is 0 Å². The molecule has 2 aliphatic rings. The summed E-state index contributed by atoms with van der Waals surface area (Å²) in [5.74, 6) is 0. The molecular weight excluding hydrogens is 314 g/mol. The van der Waals surface area contributed by atoms with Crippen molar-refractivity contribution in [3.05, 3.63) is 35.9 Å². The van der Waals surface area contributed by atoms with Crippen LogP contribution >= 0.6 is 0 Å². The van der Waals surface area contributed by atoms with E-state index in [0.717, 1.165) is 31.5 Å². The zero-order valence-corrected chi connectivity index (χ0v) is 15.3. The summed E-state index contributed by atoms with van der Waals surface area (Å²) in [5, 5.41) is 10.2. The molecule has 1 aliphatic heterocycles. The van der Waals surface area contributed by atoms with Gasteiger partial charge in [0, 0.05) is 19.6 Å². The molecule has 4 heteroatoms. The molecule has 1 aliphatic carbocycles. The smallest absolute Gasteiger partial charge is 0.0900 e. The van der Waals surface area contributed by atoms with Gasteiger partial charge in [0.1, 0.15) is 0 Å². The summed E-state index contributed by atoms with van der Waals surface area (Å²) in [4.78, 5) is 2.34. The molecule has 2 fully saturated rings. The van der Waals surface area contributed by atoms with Gasteiger partial charge in [-0.3, -0.25) is 0 Å². The molecule has 1 saturated carbocycles. The normalized spacial score (nSPS) is 22.1.